The molecule has 0 atom stereocenters. The number of nitrogens with zero attached hydrogens (tertiary/aromatic N) is 1. The number of benzene rings is 1. The van der Waals surface area contributed by atoms with Gasteiger partial charge in [0.25, 0.3) is 0 Å². The van der Waals surface area contributed by atoms with Gasteiger partial charge < -0.3 is 19.6 Å². The van der Waals surface area contributed by atoms with E-state index in [9.17, 15) is 18.0 Å². The molecule has 0 saturated carbocycles. The molecule has 10 heteroatoms. The maximum Gasteiger partial charge on any atom is 0.490 e. The van der Waals surface area contributed by atoms with Gasteiger partial charge in [0.2, 0.25) is 11.2 Å². The Hall–Kier alpha value is -2.85. The van der Waals surface area contributed by atoms with Crippen LogP contribution in [0.2, 0.25) is 0 Å². The Labute approximate surface area is 182 Å². The van der Waals surface area contributed by atoms with Crippen LogP contribution in [0.3, 0.4) is 0 Å². The van der Waals surface area contributed by atoms with Gasteiger partial charge in [-0.1, -0.05) is 24.3 Å². The second-order valence-electron chi connectivity index (χ2n) is 7.80. The van der Waals surface area contributed by atoms with Gasteiger partial charge in [-0.2, -0.15) is 13.2 Å². The smallest absolute Gasteiger partial charge is 0.486 e. The summed E-state index contributed by atoms with van der Waals surface area (Å²) in [5, 5.41) is 10.5. The van der Waals surface area contributed by atoms with Crippen molar-refractivity contribution in [2.24, 2.45) is 5.92 Å². The molecule has 1 aromatic carbocycles. The van der Waals surface area contributed by atoms with E-state index in [-0.39, 0.29) is 5.43 Å². The largest absolute Gasteiger partial charge is 0.490 e. The van der Waals surface area contributed by atoms with Crippen molar-refractivity contribution in [1.82, 2.24) is 10.2 Å². The lowest BCUT2D eigenvalue weighted by molar-refractivity contribution is -0.192. The van der Waals surface area contributed by atoms with Crippen molar-refractivity contribution >= 4 is 5.97 Å². The molecule has 0 radical (unpaired) electrons. The molecule has 2 aromatic rings. The summed E-state index contributed by atoms with van der Waals surface area (Å²) in [6.45, 7) is 5.08. The summed E-state index contributed by atoms with van der Waals surface area (Å²) in [5.74, 6) is -1.23. The number of piperidine rings is 1. The Balaban J connectivity index is 0.000000360. The number of halogens is 3. The molecule has 7 nitrogen and oxygen atoms in total. The highest BCUT2D eigenvalue weighted by Gasteiger charge is 2.38. The number of alkyl halides is 3. The lowest BCUT2D eigenvalue weighted by Gasteiger charge is -2.22. The van der Waals surface area contributed by atoms with Crippen LogP contribution in [0.4, 0.5) is 13.2 Å². The van der Waals surface area contributed by atoms with Crippen LogP contribution in [0.1, 0.15) is 29.7 Å². The molecule has 1 fully saturated rings. The standard InChI is InChI=1S/C20H24N2O3.C2HF3O2/c23-19-9-18(12-22-10-16-3-1-2-4-17(16)11-22)24-14-20(19)25-13-15-5-7-21-8-6-15;3-2(4,5)1(6)7/h1-4,9,14-15,21H,5-8,10-13H2;(H,6,7). The number of hydrogen-bond donors (Lipinski definition) is 2. The molecule has 2 N–H and O–H groups in total. The van der Waals surface area contributed by atoms with Crippen molar-refractivity contribution in [2.75, 3.05) is 19.7 Å². The number of rotatable bonds is 5. The van der Waals surface area contributed by atoms with Gasteiger partial charge in [0, 0.05) is 19.2 Å². The number of carbonyl (C=O) groups is 1. The van der Waals surface area contributed by atoms with E-state index in [1.54, 1.807) is 6.07 Å². The lowest BCUT2D eigenvalue weighted by Crippen LogP contribution is -2.31. The Morgan fingerprint density at radius 3 is 2.31 bits per heavy atom. The summed E-state index contributed by atoms with van der Waals surface area (Å²) in [4.78, 5) is 23.5. The highest BCUT2D eigenvalue weighted by atomic mass is 19.4. The molecule has 3 heterocycles. The van der Waals surface area contributed by atoms with Crippen molar-refractivity contribution in [3.8, 4) is 5.75 Å². The number of carboxylic acid groups (broad SMARTS) is 1. The summed E-state index contributed by atoms with van der Waals surface area (Å²) < 4.78 is 43.1. The number of nitrogens with one attached hydrogen (secondary N) is 1. The first kappa shape index (κ1) is 23.8. The Morgan fingerprint density at radius 2 is 1.78 bits per heavy atom. The summed E-state index contributed by atoms with van der Waals surface area (Å²) in [5.41, 5.74) is 2.62. The van der Waals surface area contributed by atoms with Crippen molar-refractivity contribution in [2.45, 2.75) is 38.7 Å². The van der Waals surface area contributed by atoms with E-state index >= 15 is 0 Å². The van der Waals surface area contributed by atoms with E-state index in [0.717, 1.165) is 39.0 Å². The zero-order valence-corrected chi connectivity index (χ0v) is 17.4. The van der Waals surface area contributed by atoms with Crippen LogP contribution in [0.5, 0.6) is 5.75 Å². The lowest BCUT2D eigenvalue weighted by atomic mass is 9.99. The van der Waals surface area contributed by atoms with Gasteiger partial charge in [-0.3, -0.25) is 9.69 Å². The van der Waals surface area contributed by atoms with Gasteiger partial charge in [-0.15, -0.1) is 0 Å². The molecule has 32 heavy (non-hydrogen) atoms. The second kappa shape index (κ2) is 10.6. The average molecular weight is 454 g/mol. The Kier molecular flexibility index (Phi) is 7.92. The van der Waals surface area contributed by atoms with Gasteiger partial charge >= 0.3 is 12.1 Å². The van der Waals surface area contributed by atoms with Gasteiger partial charge in [-0.25, -0.2) is 4.79 Å². The van der Waals surface area contributed by atoms with E-state index in [2.05, 4.69) is 34.5 Å². The molecular formula is C22H25F3N2O5. The van der Waals surface area contributed by atoms with Crippen LogP contribution in [0, 0.1) is 5.92 Å². The van der Waals surface area contributed by atoms with Crippen molar-refractivity contribution < 1.29 is 32.2 Å². The molecule has 0 unspecified atom stereocenters. The van der Waals surface area contributed by atoms with E-state index < -0.39 is 12.1 Å². The molecule has 0 aliphatic carbocycles. The first-order valence-electron chi connectivity index (χ1n) is 10.3. The zero-order chi connectivity index (χ0) is 23.1. The van der Waals surface area contributed by atoms with Crippen molar-refractivity contribution in [3.63, 3.8) is 0 Å². The third-order valence-electron chi connectivity index (χ3n) is 5.31. The zero-order valence-electron chi connectivity index (χ0n) is 17.4. The monoisotopic (exact) mass is 454 g/mol. The fourth-order valence-corrected chi connectivity index (χ4v) is 3.62. The highest BCUT2D eigenvalue weighted by Crippen LogP contribution is 2.24. The van der Waals surface area contributed by atoms with Crippen molar-refractivity contribution in [1.29, 1.82) is 0 Å². The van der Waals surface area contributed by atoms with E-state index in [0.29, 0.717) is 30.6 Å². The molecule has 2 aliphatic heterocycles. The summed E-state index contributed by atoms with van der Waals surface area (Å²) in [7, 11) is 0. The second-order valence-corrected chi connectivity index (χ2v) is 7.80. The van der Waals surface area contributed by atoms with Gasteiger partial charge in [-0.05, 0) is 43.0 Å². The Morgan fingerprint density at radius 1 is 1.19 bits per heavy atom. The number of carboxylic acids is 1. The SMILES string of the molecule is O=C(O)C(F)(F)F.O=c1cc(CN2Cc3ccccc3C2)occ1OCC1CCNCC1. The Bertz CT molecular complexity index is 946. The average Bonchev–Trinajstić information content (AvgIpc) is 3.16. The van der Waals surface area contributed by atoms with Crippen LogP contribution in [-0.2, 0) is 24.4 Å². The van der Waals surface area contributed by atoms with Crippen LogP contribution in [-0.4, -0.2) is 41.8 Å². The summed E-state index contributed by atoms with van der Waals surface area (Å²) >= 11 is 0. The van der Waals surface area contributed by atoms with E-state index in [4.69, 9.17) is 19.1 Å². The molecule has 2 aliphatic rings. The molecule has 4 rings (SSSR count). The molecule has 0 bridgehead atoms. The number of aliphatic carboxylic acids is 1. The van der Waals surface area contributed by atoms with Crippen LogP contribution >= 0.6 is 0 Å². The van der Waals surface area contributed by atoms with Gasteiger partial charge in [0.15, 0.2) is 0 Å². The normalized spacial score (nSPS) is 16.7. The topological polar surface area (TPSA) is 92.0 Å². The fourth-order valence-electron chi connectivity index (χ4n) is 3.62. The first-order valence-corrected chi connectivity index (χ1v) is 10.3. The van der Waals surface area contributed by atoms with Gasteiger partial charge in [0.1, 0.15) is 12.0 Å². The maximum atomic E-state index is 12.3. The highest BCUT2D eigenvalue weighted by molar-refractivity contribution is 5.73. The fraction of sp³-hybridized carbons (Fsp3) is 0.455. The molecular weight excluding hydrogens is 429 g/mol. The quantitative estimate of drug-likeness (QED) is 0.717. The van der Waals surface area contributed by atoms with Crippen LogP contribution < -0.4 is 15.5 Å². The predicted octanol–water partition coefficient (Wildman–Crippen LogP) is 3.17. The molecule has 0 amide bonds. The third kappa shape index (κ3) is 6.83. The number of hydrogen-bond acceptors (Lipinski definition) is 6. The molecule has 174 valence electrons. The van der Waals surface area contributed by atoms with Crippen molar-refractivity contribution in [3.05, 3.63) is 63.7 Å². The molecule has 1 saturated heterocycles. The third-order valence-corrected chi connectivity index (χ3v) is 5.31. The van der Waals surface area contributed by atoms with Crippen LogP contribution in [0.25, 0.3) is 0 Å². The molecule has 0 spiro atoms. The predicted molar refractivity (Wildman–Crippen MR) is 109 cm³/mol. The summed E-state index contributed by atoms with van der Waals surface area (Å²) in [6, 6.07) is 10.0. The van der Waals surface area contributed by atoms with E-state index in [1.807, 2.05) is 0 Å². The minimum atomic E-state index is -5.08. The minimum Gasteiger partial charge on any atom is -0.486 e. The van der Waals surface area contributed by atoms with E-state index in [1.165, 1.54) is 17.4 Å². The summed E-state index contributed by atoms with van der Waals surface area (Å²) in [6.07, 6.45) is -1.42. The molecule has 1 aromatic heterocycles. The minimum absolute atomic E-state index is 0.0908. The van der Waals surface area contributed by atoms with Crippen LogP contribution in [0.15, 0.2) is 45.8 Å². The number of ether oxygens (including phenoxy) is 1. The first-order chi connectivity index (χ1) is 15.2. The van der Waals surface area contributed by atoms with Gasteiger partial charge in [0.05, 0.1) is 13.2 Å². The maximum absolute atomic E-state index is 12.3. The number of fused-ring (bicyclic) bond motifs is 1.